The molecule has 1 aromatic carbocycles. The quantitative estimate of drug-likeness (QED) is 0.862. The molecule has 0 fully saturated rings. The Balaban J connectivity index is 2.36. The van der Waals surface area contributed by atoms with Gasteiger partial charge in [0.05, 0.1) is 5.56 Å². The number of anilines is 1. The highest BCUT2D eigenvalue weighted by Gasteiger charge is 2.21. The topological polar surface area (TPSA) is 61.0 Å². The van der Waals surface area contributed by atoms with E-state index in [-0.39, 0.29) is 5.41 Å². The lowest BCUT2D eigenvalue weighted by Gasteiger charge is -2.19. The second-order valence-electron chi connectivity index (χ2n) is 5.89. The maximum atomic E-state index is 5.98. The minimum atomic E-state index is -0.178. The number of nitrogens with zero attached hydrogens (tertiary/aromatic N) is 2. The molecule has 0 unspecified atom stereocenters. The minimum Gasteiger partial charge on any atom is -0.439 e. The van der Waals surface area contributed by atoms with Gasteiger partial charge < -0.3 is 10.5 Å². The van der Waals surface area contributed by atoms with Crippen molar-refractivity contribution in [3.63, 3.8) is 0 Å². The molecule has 0 saturated heterocycles. The van der Waals surface area contributed by atoms with E-state index in [0.717, 1.165) is 11.3 Å². The molecule has 1 heterocycles. The SMILES string of the molecule is CSc1ccc(Oc2nc(C(C)(C)C)nc(N)c2C)cc1. The van der Waals surface area contributed by atoms with Gasteiger partial charge >= 0.3 is 0 Å². The van der Waals surface area contributed by atoms with Crippen molar-refractivity contribution in [3.8, 4) is 11.6 Å². The smallest absolute Gasteiger partial charge is 0.227 e. The van der Waals surface area contributed by atoms with E-state index in [1.54, 1.807) is 11.8 Å². The van der Waals surface area contributed by atoms with Gasteiger partial charge in [0.25, 0.3) is 0 Å². The van der Waals surface area contributed by atoms with Gasteiger partial charge in [-0.2, -0.15) is 4.98 Å². The van der Waals surface area contributed by atoms with Crippen LogP contribution in [0, 0.1) is 6.92 Å². The van der Waals surface area contributed by atoms with Crippen LogP contribution in [0.3, 0.4) is 0 Å². The van der Waals surface area contributed by atoms with Crippen LogP contribution < -0.4 is 10.5 Å². The number of hydrogen-bond acceptors (Lipinski definition) is 5. The monoisotopic (exact) mass is 303 g/mol. The van der Waals surface area contributed by atoms with E-state index in [1.165, 1.54) is 4.90 Å². The van der Waals surface area contributed by atoms with E-state index in [4.69, 9.17) is 10.5 Å². The predicted octanol–water partition coefficient (Wildman–Crippen LogP) is 4.18. The number of nitrogens with two attached hydrogens (primary N) is 1. The summed E-state index contributed by atoms with van der Waals surface area (Å²) in [4.78, 5) is 10.1. The van der Waals surface area contributed by atoms with Gasteiger partial charge in [-0.05, 0) is 37.4 Å². The maximum absolute atomic E-state index is 5.98. The first-order chi connectivity index (χ1) is 9.81. The second-order valence-corrected chi connectivity index (χ2v) is 6.77. The van der Waals surface area contributed by atoms with E-state index in [2.05, 4.69) is 9.97 Å². The zero-order chi connectivity index (χ0) is 15.6. The summed E-state index contributed by atoms with van der Waals surface area (Å²) in [5.41, 5.74) is 6.57. The zero-order valence-corrected chi connectivity index (χ0v) is 13.9. The van der Waals surface area contributed by atoms with Crippen LogP contribution in [0.25, 0.3) is 0 Å². The predicted molar refractivity (Wildman–Crippen MR) is 88.2 cm³/mol. The third-order valence-electron chi connectivity index (χ3n) is 3.08. The summed E-state index contributed by atoms with van der Waals surface area (Å²) in [7, 11) is 0. The Morgan fingerprint density at radius 2 is 1.71 bits per heavy atom. The zero-order valence-electron chi connectivity index (χ0n) is 13.1. The summed E-state index contributed by atoms with van der Waals surface area (Å²) in [5.74, 6) is 2.41. The average molecular weight is 303 g/mol. The highest BCUT2D eigenvalue weighted by Crippen LogP contribution is 2.30. The summed E-state index contributed by atoms with van der Waals surface area (Å²) < 4.78 is 5.88. The molecule has 4 nitrogen and oxygen atoms in total. The van der Waals surface area contributed by atoms with Crippen LogP contribution >= 0.6 is 11.8 Å². The van der Waals surface area contributed by atoms with E-state index in [1.807, 2.05) is 58.2 Å². The van der Waals surface area contributed by atoms with E-state index < -0.39 is 0 Å². The lowest BCUT2D eigenvalue weighted by molar-refractivity contribution is 0.442. The molecule has 2 N–H and O–H groups in total. The largest absolute Gasteiger partial charge is 0.439 e. The van der Waals surface area contributed by atoms with Crippen molar-refractivity contribution in [2.24, 2.45) is 0 Å². The van der Waals surface area contributed by atoms with Gasteiger partial charge in [-0.25, -0.2) is 4.98 Å². The van der Waals surface area contributed by atoms with Gasteiger partial charge in [0, 0.05) is 10.3 Å². The molecule has 0 amide bonds. The Kier molecular flexibility index (Phi) is 4.42. The van der Waals surface area contributed by atoms with Crippen LogP contribution in [-0.4, -0.2) is 16.2 Å². The summed E-state index contributed by atoms with van der Waals surface area (Å²) in [5, 5.41) is 0. The minimum absolute atomic E-state index is 0.178. The fraction of sp³-hybridized carbons (Fsp3) is 0.375. The molecule has 0 atom stereocenters. The molecule has 1 aromatic heterocycles. The first-order valence-electron chi connectivity index (χ1n) is 6.78. The molecule has 0 bridgehead atoms. The van der Waals surface area contributed by atoms with Crippen LogP contribution in [0.15, 0.2) is 29.2 Å². The average Bonchev–Trinajstić information content (AvgIpc) is 2.43. The molecule has 2 aromatic rings. The van der Waals surface area contributed by atoms with E-state index in [0.29, 0.717) is 17.5 Å². The molecule has 112 valence electrons. The van der Waals surface area contributed by atoms with Crippen LogP contribution in [0.5, 0.6) is 11.6 Å². The third kappa shape index (κ3) is 3.67. The van der Waals surface area contributed by atoms with Gasteiger partial charge in [-0.15, -0.1) is 11.8 Å². The van der Waals surface area contributed by atoms with Crippen molar-refractivity contribution in [2.75, 3.05) is 12.0 Å². The molecule has 0 radical (unpaired) electrons. The van der Waals surface area contributed by atoms with Gasteiger partial charge in [0.1, 0.15) is 17.4 Å². The summed E-state index contributed by atoms with van der Waals surface area (Å²) in [6.07, 6.45) is 2.04. The fourth-order valence-electron chi connectivity index (χ4n) is 1.70. The summed E-state index contributed by atoms with van der Waals surface area (Å²) in [6.45, 7) is 8.02. The molecule has 5 heteroatoms. The van der Waals surface area contributed by atoms with Gasteiger partial charge in [-0.1, -0.05) is 20.8 Å². The normalized spacial score (nSPS) is 11.5. The van der Waals surface area contributed by atoms with Gasteiger partial charge in [-0.3, -0.25) is 0 Å². The van der Waals surface area contributed by atoms with Crippen molar-refractivity contribution in [2.45, 2.75) is 38.0 Å². The molecule has 0 aliphatic rings. The Bertz CT molecular complexity index is 633. The molecular weight excluding hydrogens is 282 g/mol. The lowest BCUT2D eigenvalue weighted by Crippen LogP contribution is -2.18. The molecular formula is C16H21N3OS. The maximum Gasteiger partial charge on any atom is 0.227 e. The Labute approximate surface area is 130 Å². The third-order valence-corrected chi connectivity index (χ3v) is 3.83. The Morgan fingerprint density at radius 1 is 1.10 bits per heavy atom. The second kappa shape index (κ2) is 5.93. The fourth-order valence-corrected chi connectivity index (χ4v) is 2.11. The standard InChI is InChI=1S/C16H21N3OS/c1-10-13(17)18-15(16(2,3)4)19-14(10)20-11-6-8-12(21-5)9-7-11/h6-9H,1-5H3,(H2,17,18,19). The van der Waals surface area contributed by atoms with Crippen LogP contribution in [0.1, 0.15) is 32.2 Å². The van der Waals surface area contributed by atoms with Gasteiger partial charge in [0.2, 0.25) is 5.88 Å². The molecule has 0 aliphatic carbocycles. The first kappa shape index (κ1) is 15.6. The van der Waals surface area contributed by atoms with Crippen LogP contribution in [-0.2, 0) is 5.41 Å². The summed E-state index contributed by atoms with van der Waals surface area (Å²) >= 11 is 1.69. The van der Waals surface area contributed by atoms with Crippen LogP contribution in [0.4, 0.5) is 5.82 Å². The number of rotatable bonds is 3. The summed E-state index contributed by atoms with van der Waals surface area (Å²) in [6, 6.07) is 7.90. The van der Waals surface area contributed by atoms with Crippen molar-refractivity contribution < 1.29 is 4.74 Å². The van der Waals surface area contributed by atoms with Crippen molar-refractivity contribution in [1.29, 1.82) is 0 Å². The van der Waals surface area contributed by atoms with E-state index >= 15 is 0 Å². The van der Waals surface area contributed by atoms with Crippen LogP contribution in [0.2, 0.25) is 0 Å². The highest BCUT2D eigenvalue weighted by atomic mass is 32.2. The molecule has 0 saturated carbocycles. The van der Waals surface area contributed by atoms with E-state index in [9.17, 15) is 0 Å². The number of thioether (sulfide) groups is 1. The number of ether oxygens (including phenoxy) is 1. The lowest BCUT2D eigenvalue weighted by atomic mass is 9.95. The number of benzene rings is 1. The first-order valence-corrected chi connectivity index (χ1v) is 8.00. The van der Waals surface area contributed by atoms with Crippen molar-refractivity contribution in [1.82, 2.24) is 9.97 Å². The van der Waals surface area contributed by atoms with Crippen molar-refractivity contribution in [3.05, 3.63) is 35.7 Å². The Morgan fingerprint density at radius 3 is 2.24 bits per heavy atom. The Hall–Kier alpha value is -1.75. The molecule has 2 rings (SSSR count). The number of aromatic nitrogens is 2. The van der Waals surface area contributed by atoms with Gasteiger partial charge in [0.15, 0.2) is 0 Å². The van der Waals surface area contributed by atoms with Crippen molar-refractivity contribution >= 4 is 17.6 Å². The number of hydrogen-bond donors (Lipinski definition) is 1. The highest BCUT2D eigenvalue weighted by molar-refractivity contribution is 7.98. The molecule has 0 aliphatic heterocycles. The number of nitrogen functional groups attached to an aromatic ring is 1. The molecule has 21 heavy (non-hydrogen) atoms. The molecule has 0 spiro atoms.